The van der Waals surface area contributed by atoms with Gasteiger partial charge in [-0.3, -0.25) is 0 Å². The van der Waals surface area contributed by atoms with Crippen LogP contribution < -0.4 is 5.32 Å². The molecule has 0 fully saturated rings. The van der Waals surface area contributed by atoms with Crippen LogP contribution in [-0.2, 0) is 13.2 Å². The molecule has 0 amide bonds. The molecule has 0 saturated carbocycles. The van der Waals surface area contributed by atoms with Gasteiger partial charge < -0.3 is 10.4 Å². The number of hydrogen-bond donors (Lipinski definition) is 2. The van der Waals surface area contributed by atoms with Crippen LogP contribution in [0, 0.1) is 6.92 Å². The Morgan fingerprint density at radius 1 is 1.19 bits per heavy atom. The first-order chi connectivity index (χ1) is 7.78. The van der Waals surface area contributed by atoms with E-state index in [0.29, 0.717) is 0 Å². The second-order valence-corrected chi connectivity index (χ2v) is 4.64. The highest BCUT2D eigenvalue weighted by Gasteiger charge is 1.99. The van der Waals surface area contributed by atoms with Crippen LogP contribution in [0.5, 0.6) is 0 Å². The quantitative estimate of drug-likeness (QED) is 0.850. The molecule has 0 atom stereocenters. The molecule has 0 spiro atoms. The Balaban J connectivity index is 1.94. The Morgan fingerprint density at radius 2 is 1.88 bits per heavy atom. The lowest BCUT2D eigenvalue weighted by Crippen LogP contribution is -1.99. The van der Waals surface area contributed by atoms with Gasteiger partial charge in [-0.05, 0) is 18.1 Å². The van der Waals surface area contributed by atoms with Gasteiger partial charge in [0.05, 0.1) is 6.61 Å². The Kier molecular flexibility index (Phi) is 3.48. The zero-order valence-electron chi connectivity index (χ0n) is 8.97. The minimum Gasteiger partial charge on any atom is -0.392 e. The third-order valence-electron chi connectivity index (χ3n) is 2.18. The minimum atomic E-state index is 0.0866. The molecule has 1 aromatic heterocycles. The van der Waals surface area contributed by atoms with E-state index in [1.54, 1.807) is 11.3 Å². The summed E-state index contributed by atoms with van der Waals surface area (Å²) in [6.45, 7) is 2.74. The van der Waals surface area contributed by atoms with Gasteiger partial charge in [-0.1, -0.05) is 35.6 Å². The van der Waals surface area contributed by atoms with Crippen LogP contribution in [0.15, 0.2) is 24.3 Å². The van der Waals surface area contributed by atoms with Crippen molar-refractivity contribution in [3.05, 3.63) is 40.4 Å². The van der Waals surface area contributed by atoms with Crippen LogP contribution in [0.4, 0.5) is 5.13 Å². The SMILES string of the molecule is Cc1nnc(NCc2ccc(CO)cc2)s1. The number of rotatable bonds is 4. The number of hydrogen-bond acceptors (Lipinski definition) is 5. The summed E-state index contributed by atoms with van der Waals surface area (Å²) in [5.41, 5.74) is 2.08. The lowest BCUT2D eigenvalue weighted by Gasteiger charge is -2.03. The molecule has 16 heavy (non-hydrogen) atoms. The molecular weight excluding hydrogens is 222 g/mol. The number of anilines is 1. The van der Waals surface area contributed by atoms with Gasteiger partial charge in [0.15, 0.2) is 0 Å². The maximum absolute atomic E-state index is 8.91. The van der Waals surface area contributed by atoms with E-state index in [9.17, 15) is 0 Å². The zero-order chi connectivity index (χ0) is 11.4. The molecule has 0 aliphatic carbocycles. The Hall–Kier alpha value is -1.46. The van der Waals surface area contributed by atoms with E-state index in [4.69, 9.17) is 5.11 Å². The molecule has 0 aliphatic heterocycles. The average molecular weight is 235 g/mol. The Morgan fingerprint density at radius 3 is 2.44 bits per heavy atom. The van der Waals surface area contributed by atoms with Crippen molar-refractivity contribution in [2.45, 2.75) is 20.1 Å². The molecule has 0 radical (unpaired) electrons. The molecule has 0 unspecified atom stereocenters. The molecule has 2 N–H and O–H groups in total. The number of nitrogens with zero attached hydrogens (tertiary/aromatic N) is 2. The highest BCUT2D eigenvalue weighted by Crippen LogP contribution is 2.15. The van der Waals surface area contributed by atoms with Crippen molar-refractivity contribution < 1.29 is 5.11 Å². The van der Waals surface area contributed by atoms with Crippen LogP contribution in [0.1, 0.15) is 16.1 Å². The smallest absolute Gasteiger partial charge is 0.205 e. The number of aliphatic hydroxyl groups is 1. The summed E-state index contributed by atoms with van der Waals surface area (Å²) in [6, 6.07) is 7.82. The molecular formula is C11H13N3OS. The van der Waals surface area contributed by atoms with Crippen LogP contribution >= 0.6 is 11.3 Å². The van der Waals surface area contributed by atoms with Gasteiger partial charge in [-0.2, -0.15) is 0 Å². The third-order valence-corrected chi connectivity index (χ3v) is 2.97. The molecule has 0 aliphatic rings. The predicted octanol–water partition coefficient (Wildman–Crippen LogP) is 1.95. The fourth-order valence-electron chi connectivity index (χ4n) is 1.31. The third kappa shape index (κ3) is 2.77. The summed E-state index contributed by atoms with van der Waals surface area (Å²) >= 11 is 1.54. The lowest BCUT2D eigenvalue weighted by molar-refractivity contribution is 0.282. The van der Waals surface area contributed by atoms with Crippen molar-refractivity contribution in [2.24, 2.45) is 0 Å². The first-order valence-corrected chi connectivity index (χ1v) is 5.82. The second-order valence-electron chi connectivity index (χ2n) is 3.45. The molecule has 0 bridgehead atoms. The summed E-state index contributed by atoms with van der Waals surface area (Å²) in [5.74, 6) is 0. The first kappa shape index (κ1) is 11.0. The van der Waals surface area contributed by atoms with E-state index < -0.39 is 0 Å². The Bertz CT molecular complexity index is 453. The largest absolute Gasteiger partial charge is 0.392 e. The predicted molar refractivity (Wildman–Crippen MR) is 64.3 cm³/mol. The second kappa shape index (κ2) is 5.05. The van der Waals surface area contributed by atoms with E-state index in [1.807, 2.05) is 31.2 Å². The van der Waals surface area contributed by atoms with Crippen molar-refractivity contribution in [3.63, 3.8) is 0 Å². The fraction of sp³-hybridized carbons (Fsp3) is 0.273. The first-order valence-electron chi connectivity index (χ1n) is 5.00. The van der Waals surface area contributed by atoms with Gasteiger partial charge in [0.25, 0.3) is 0 Å². The maximum atomic E-state index is 8.91. The molecule has 1 aromatic carbocycles. The normalized spacial score (nSPS) is 10.4. The minimum absolute atomic E-state index is 0.0866. The molecule has 2 rings (SSSR count). The molecule has 2 aromatic rings. The zero-order valence-corrected chi connectivity index (χ0v) is 9.79. The van der Waals surface area contributed by atoms with Crippen molar-refractivity contribution in [1.82, 2.24) is 10.2 Å². The summed E-state index contributed by atoms with van der Waals surface area (Å²) in [5, 5.41) is 21.8. The van der Waals surface area contributed by atoms with Gasteiger partial charge in [0.1, 0.15) is 5.01 Å². The van der Waals surface area contributed by atoms with Crippen molar-refractivity contribution in [1.29, 1.82) is 0 Å². The number of benzene rings is 1. The van der Waals surface area contributed by atoms with E-state index in [-0.39, 0.29) is 6.61 Å². The standard InChI is InChI=1S/C11H13N3OS/c1-8-13-14-11(16-8)12-6-9-2-4-10(7-15)5-3-9/h2-5,15H,6-7H2,1H3,(H,12,14). The monoisotopic (exact) mass is 235 g/mol. The van der Waals surface area contributed by atoms with Gasteiger partial charge in [-0.15, -0.1) is 10.2 Å². The number of aliphatic hydroxyl groups excluding tert-OH is 1. The molecule has 1 heterocycles. The topological polar surface area (TPSA) is 58.0 Å². The summed E-state index contributed by atoms with van der Waals surface area (Å²) in [7, 11) is 0. The van der Waals surface area contributed by atoms with Crippen LogP contribution in [0.2, 0.25) is 0 Å². The van der Waals surface area contributed by atoms with Crippen molar-refractivity contribution >= 4 is 16.5 Å². The number of aromatic nitrogens is 2. The van der Waals surface area contributed by atoms with Crippen LogP contribution in [-0.4, -0.2) is 15.3 Å². The maximum Gasteiger partial charge on any atom is 0.205 e. The lowest BCUT2D eigenvalue weighted by atomic mass is 10.1. The summed E-state index contributed by atoms with van der Waals surface area (Å²) in [6.07, 6.45) is 0. The molecule has 84 valence electrons. The van der Waals surface area contributed by atoms with Crippen molar-refractivity contribution in [3.8, 4) is 0 Å². The summed E-state index contributed by atoms with van der Waals surface area (Å²) in [4.78, 5) is 0. The van der Waals surface area contributed by atoms with Gasteiger partial charge >= 0.3 is 0 Å². The van der Waals surface area contributed by atoms with E-state index in [0.717, 1.165) is 27.8 Å². The number of nitrogens with one attached hydrogen (secondary N) is 1. The summed E-state index contributed by atoms with van der Waals surface area (Å²) < 4.78 is 0. The van der Waals surface area contributed by atoms with E-state index in [1.165, 1.54) is 0 Å². The van der Waals surface area contributed by atoms with Crippen LogP contribution in [0.25, 0.3) is 0 Å². The van der Waals surface area contributed by atoms with Crippen molar-refractivity contribution in [2.75, 3.05) is 5.32 Å². The number of aryl methyl sites for hydroxylation is 1. The Labute approximate surface area is 98.0 Å². The van der Waals surface area contributed by atoms with Gasteiger partial charge in [-0.25, -0.2) is 0 Å². The highest BCUT2D eigenvalue weighted by molar-refractivity contribution is 7.15. The molecule has 5 heteroatoms. The van der Waals surface area contributed by atoms with Crippen LogP contribution in [0.3, 0.4) is 0 Å². The molecule has 4 nitrogen and oxygen atoms in total. The van der Waals surface area contributed by atoms with E-state index in [2.05, 4.69) is 15.5 Å². The van der Waals surface area contributed by atoms with Gasteiger partial charge in [0.2, 0.25) is 5.13 Å². The molecule has 0 saturated heterocycles. The fourth-order valence-corrected chi connectivity index (χ4v) is 1.90. The van der Waals surface area contributed by atoms with Gasteiger partial charge in [0, 0.05) is 6.54 Å². The van der Waals surface area contributed by atoms with E-state index >= 15 is 0 Å². The highest BCUT2D eigenvalue weighted by atomic mass is 32.1. The average Bonchev–Trinajstić information content (AvgIpc) is 2.73.